The SMILES string of the molecule is COC(=O)[C@H]1Cc2c([nH]c3ccccc23)[C@@H](c2ccc(O)c(O)c2)N1. The molecule has 0 saturated heterocycles. The Morgan fingerprint density at radius 2 is 1.96 bits per heavy atom. The molecular weight excluding hydrogens is 320 g/mol. The van der Waals surface area contributed by atoms with Crippen molar-refractivity contribution < 1.29 is 19.7 Å². The second-order valence-electron chi connectivity index (χ2n) is 6.19. The average Bonchev–Trinajstić information content (AvgIpc) is 3.01. The van der Waals surface area contributed by atoms with Crippen LogP contribution in [0.2, 0.25) is 0 Å². The molecule has 0 amide bonds. The van der Waals surface area contributed by atoms with Crippen molar-refractivity contribution in [2.24, 2.45) is 0 Å². The fraction of sp³-hybridized carbons (Fsp3) is 0.211. The van der Waals surface area contributed by atoms with Crippen LogP contribution < -0.4 is 5.32 Å². The number of esters is 1. The van der Waals surface area contributed by atoms with Gasteiger partial charge in [0.25, 0.3) is 0 Å². The zero-order chi connectivity index (χ0) is 17.6. The van der Waals surface area contributed by atoms with Crippen molar-refractivity contribution in [2.45, 2.75) is 18.5 Å². The van der Waals surface area contributed by atoms with Crippen molar-refractivity contribution in [2.75, 3.05) is 7.11 Å². The van der Waals surface area contributed by atoms with Gasteiger partial charge in [-0.15, -0.1) is 0 Å². The molecule has 0 bridgehead atoms. The van der Waals surface area contributed by atoms with Crippen molar-refractivity contribution >= 4 is 16.9 Å². The number of phenolic OH excluding ortho intramolecular Hbond substituents is 2. The minimum Gasteiger partial charge on any atom is -0.504 e. The molecule has 6 heteroatoms. The number of hydrogen-bond acceptors (Lipinski definition) is 5. The Hall–Kier alpha value is -2.99. The number of phenols is 2. The number of carbonyl (C=O) groups is 1. The van der Waals surface area contributed by atoms with Gasteiger partial charge in [-0.25, -0.2) is 0 Å². The van der Waals surface area contributed by atoms with Gasteiger partial charge < -0.3 is 19.9 Å². The summed E-state index contributed by atoms with van der Waals surface area (Å²) in [5.41, 5.74) is 3.75. The average molecular weight is 338 g/mol. The van der Waals surface area contributed by atoms with Crippen LogP contribution in [0.15, 0.2) is 42.5 Å². The van der Waals surface area contributed by atoms with Crippen LogP contribution in [-0.4, -0.2) is 34.3 Å². The van der Waals surface area contributed by atoms with E-state index in [0.29, 0.717) is 6.42 Å². The lowest BCUT2D eigenvalue weighted by Crippen LogP contribution is -2.45. The Morgan fingerprint density at radius 1 is 1.16 bits per heavy atom. The van der Waals surface area contributed by atoms with E-state index in [9.17, 15) is 15.0 Å². The number of aromatic amines is 1. The van der Waals surface area contributed by atoms with Crippen LogP contribution in [0.4, 0.5) is 0 Å². The number of aromatic nitrogens is 1. The molecule has 4 N–H and O–H groups in total. The van der Waals surface area contributed by atoms with E-state index in [-0.39, 0.29) is 23.5 Å². The maximum Gasteiger partial charge on any atom is 0.323 e. The van der Waals surface area contributed by atoms with Crippen molar-refractivity contribution in [3.05, 3.63) is 59.3 Å². The van der Waals surface area contributed by atoms with Gasteiger partial charge in [-0.1, -0.05) is 24.3 Å². The van der Waals surface area contributed by atoms with Crippen LogP contribution in [0.5, 0.6) is 11.5 Å². The number of hydrogen-bond donors (Lipinski definition) is 4. The first-order chi connectivity index (χ1) is 12.1. The number of H-pyrrole nitrogens is 1. The standard InChI is InChI=1S/C19H18N2O4/c1-25-19(24)14-9-12-11-4-2-3-5-13(11)20-18(12)17(21-14)10-6-7-15(22)16(23)8-10/h2-8,14,17,20-23H,9H2,1H3/t14-,17-/m1/s1. The summed E-state index contributed by atoms with van der Waals surface area (Å²) in [6, 6.07) is 11.8. The summed E-state index contributed by atoms with van der Waals surface area (Å²) in [4.78, 5) is 15.6. The van der Waals surface area contributed by atoms with E-state index in [1.54, 1.807) is 6.07 Å². The number of rotatable bonds is 2. The number of ether oxygens (including phenoxy) is 1. The first kappa shape index (κ1) is 15.5. The summed E-state index contributed by atoms with van der Waals surface area (Å²) >= 11 is 0. The Morgan fingerprint density at radius 3 is 2.72 bits per heavy atom. The molecular formula is C19H18N2O4. The Bertz CT molecular complexity index is 963. The zero-order valence-corrected chi connectivity index (χ0v) is 13.6. The highest BCUT2D eigenvalue weighted by Crippen LogP contribution is 2.37. The molecule has 1 aliphatic rings. The van der Waals surface area contributed by atoms with Gasteiger partial charge in [0.1, 0.15) is 6.04 Å². The number of fused-ring (bicyclic) bond motifs is 3. The maximum absolute atomic E-state index is 12.1. The molecule has 4 rings (SSSR count). The summed E-state index contributed by atoms with van der Waals surface area (Å²) in [7, 11) is 1.37. The molecule has 0 spiro atoms. The molecule has 6 nitrogen and oxygen atoms in total. The molecule has 0 aliphatic carbocycles. The van der Waals surface area contributed by atoms with E-state index in [1.165, 1.54) is 19.2 Å². The molecule has 0 unspecified atom stereocenters. The molecule has 2 aromatic carbocycles. The zero-order valence-electron chi connectivity index (χ0n) is 13.6. The van der Waals surface area contributed by atoms with Gasteiger partial charge in [0.05, 0.1) is 13.2 Å². The van der Waals surface area contributed by atoms with Crippen molar-refractivity contribution in [1.82, 2.24) is 10.3 Å². The van der Waals surface area contributed by atoms with Crippen LogP contribution in [-0.2, 0) is 16.0 Å². The Labute approximate surface area is 144 Å². The Kier molecular flexibility index (Phi) is 3.62. The van der Waals surface area contributed by atoms with Crippen molar-refractivity contribution in [3.63, 3.8) is 0 Å². The number of methoxy groups -OCH3 is 1. The number of benzene rings is 2. The van der Waals surface area contributed by atoms with E-state index in [1.807, 2.05) is 24.3 Å². The lowest BCUT2D eigenvalue weighted by atomic mass is 9.90. The monoisotopic (exact) mass is 338 g/mol. The van der Waals surface area contributed by atoms with Crippen molar-refractivity contribution in [1.29, 1.82) is 0 Å². The summed E-state index contributed by atoms with van der Waals surface area (Å²) in [5, 5.41) is 23.8. The fourth-order valence-electron chi connectivity index (χ4n) is 3.51. The third-order valence-corrected chi connectivity index (χ3v) is 4.73. The van der Waals surface area contributed by atoms with Gasteiger partial charge in [0, 0.05) is 23.0 Å². The largest absolute Gasteiger partial charge is 0.504 e. The second-order valence-corrected chi connectivity index (χ2v) is 6.19. The molecule has 0 radical (unpaired) electrons. The molecule has 0 saturated carbocycles. The lowest BCUT2D eigenvalue weighted by molar-refractivity contribution is -0.143. The lowest BCUT2D eigenvalue weighted by Gasteiger charge is -2.30. The van der Waals surface area contributed by atoms with Crippen molar-refractivity contribution in [3.8, 4) is 11.5 Å². The highest BCUT2D eigenvalue weighted by Gasteiger charge is 2.34. The smallest absolute Gasteiger partial charge is 0.323 e. The summed E-state index contributed by atoms with van der Waals surface area (Å²) < 4.78 is 4.92. The van der Waals surface area contributed by atoms with Crippen LogP contribution in [0.1, 0.15) is 22.9 Å². The highest BCUT2D eigenvalue weighted by atomic mass is 16.5. The quantitative estimate of drug-likeness (QED) is 0.425. The molecule has 2 heterocycles. The number of carbonyl (C=O) groups excluding carboxylic acids is 1. The predicted octanol–water partition coefficient (Wildman–Crippen LogP) is 2.36. The molecule has 3 aromatic rings. The highest BCUT2D eigenvalue weighted by molar-refractivity contribution is 5.87. The van der Waals surface area contributed by atoms with Gasteiger partial charge in [0.15, 0.2) is 11.5 Å². The minimum atomic E-state index is -0.488. The van der Waals surface area contributed by atoms with E-state index in [0.717, 1.165) is 27.7 Å². The third kappa shape index (κ3) is 2.51. The van der Waals surface area contributed by atoms with Gasteiger partial charge in [-0.3, -0.25) is 10.1 Å². The van der Waals surface area contributed by atoms with E-state index in [4.69, 9.17) is 4.74 Å². The van der Waals surface area contributed by atoms with E-state index < -0.39 is 6.04 Å². The van der Waals surface area contributed by atoms with Gasteiger partial charge in [-0.2, -0.15) is 0 Å². The van der Waals surface area contributed by atoms with Crippen LogP contribution in [0.25, 0.3) is 10.9 Å². The number of nitrogens with one attached hydrogen (secondary N) is 2. The van der Waals surface area contributed by atoms with Gasteiger partial charge >= 0.3 is 5.97 Å². The summed E-state index contributed by atoms with van der Waals surface area (Å²) in [6.45, 7) is 0. The minimum absolute atomic E-state index is 0.180. The fourth-order valence-corrected chi connectivity index (χ4v) is 3.51. The second kappa shape index (κ2) is 5.82. The first-order valence-electron chi connectivity index (χ1n) is 8.03. The Balaban J connectivity index is 1.88. The third-order valence-electron chi connectivity index (χ3n) is 4.73. The van der Waals surface area contributed by atoms with E-state index in [2.05, 4.69) is 10.3 Å². The molecule has 1 aromatic heterocycles. The van der Waals surface area contributed by atoms with Crippen LogP contribution >= 0.6 is 0 Å². The molecule has 128 valence electrons. The van der Waals surface area contributed by atoms with Crippen LogP contribution in [0, 0.1) is 0 Å². The first-order valence-corrected chi connectivity index (χ1v) is 8.03. The number of aromatic hydroxyl groups is 2. The molecule has 1 aliphatic heterocycles. The van der Waals surface area contributed by atoms with Gasteiger partial charge in [-0.05, 0) is 29.3 Å². The maximum atomic E-state index is 12.1. The number of para-hydroxylation sites is 1. The molecule has 2 atom stereocenters. The predicted molar refractivity (Wildman–Crippen MR) is 92.6 cm³/mol. The normalized spacial score (nSPS) is 19.6. The van der Waals surface area contributed by atoms with Crippen LogP contribution in [0.3, 0.4) is 0 Å². The molecule has 0 fully saturated rings. The van der Waals surface area contributed by atoms with Gasteiger partial charge in [0.2, 0.25) is 0 Å². The topological polar surface area (TPSA) is 94.6 Å². The summed E-state index contributed by atoms with van der Waals surface area (Å²) in [6.07, 6.45) is 0.520. The summed E-state index contributed by atoms with van der Waals surface area (Å²) in [5.74, 6) is -0.706. The molecule has 25 heavy (non-hydrogen) atoms. The van der Waals surface area contributed by atoms with E-state index >= 15 is 0 Å².